The van der Waals surface area contributed by atoms with Crippen LogP contribution in [0.15, 0.2) is 34.7 Å². The second-order valence-corrected chi connectivity index (χ2v) is 6.14. The lowest BCUT2D eigenvalue weighted by Gasteiger charge is -2.11. The van der Waals surface area contributed by atoms with Crippen molar-refractivity contribution in [1.29, 1.82) is 0 Å². The lowest BCUT2D eigenvalue weighted by atomic mass is 10.1. The molecule has 0 bridgehead atoms. The number of rotatable bonds is 4. The molecule has 5 nitrogen and oxygen atoms in total. The van der Waals surface area contributed by atoms with Crippen molar-refractivity contribution in [3.05, 3.63) is 35.4 Å². The van der Waals surface area contributed by atoms with Crippen LogP contribution in [0.1, 0.15) is 12.5 Å². The van der Waals surface area contributed by atoms with E-state index in [1.54, 1.807) is 12.1 Å². The Morgan fingerprint density at radius 3 is 2.44 bits per heavy atom. The second-order valence-electron chi connectivity index (χ2n) is 3.99. The summed E-state index contributed by atoms with van der Waals surface area (Å²) in [6.07, 6.45) is 1.43. The fraction of sp³-hybridized carbons (Fsp3) is 0.250. The van der Waals surface area contributed by atoms with E-state index >= 15 is 0 Å². The first-order chi connectivity index (χ1) is 8.25. The van der Waals surface area contributed by atoms with Gasteiger partial charge in [0.05, 0.1) is 4.90 Å². The molecule has 6 heteroatoms. The summed E-state index contributed by atoms with van der Waals surface area (Å²) in [6.45, 7) is 1.45. The van der Waals surface area contributed by atoms with Crippen LogP contribution < -0.4 is 0 Å². The van der Waals surface area contributed by atoms with Gasteiger partial charge in [-0.25, -0.2) is 17.5 Å². The van der Waals surface area contributed by atoms with Gasteiger partial charge in [-0.1, -0.05) is 12.1 Å². The molecule has 0 aromatic heterocycles. The summed E-state index contributed by atoms with van der Waals surface area (Å²) < 4.78 is 24.9. The van der Waals surface area contributed by atoms with E-state index in [-0.39, 0.29) is 10.5 Å². The molecule has 1 aromatic rings. The number of nitrogens with zero attached hydrogens (tertiary/aromatic N) is 1. The topological polar surface area (TPSA) is 74.7 Å². The van der Waals surface area contributed by atoms with Gasteiger partial charge in [0.15, 0.2) is 0 Å². The van der Waals surface area contributed by atoms with Crippen LogP contribution in [-0.2, 0) is 14.8 Å². The van der Waals surface area contributed by atoms with Crippen LogP contribution in [0.25, 0.3) is 6.08 Å². The van der Waals surface area contributed by atoms with Crippen molar-refractivity contribution in [2.75, 3.05) is 14.1 Å². The van der Waals surface area contributed by atoms with Crippen LogP contribution in [-0.4, -0.2) is 37.9 Å². The maximum atomic E-state index is 11.9. The van der Waals surface area contributed by atoms with Gasteiger partial charge in [-0.15, -0.1) is 0 Å². The molecule has 1 aromatic carbocycles. The molecule has 0 atom stereocenters. The first kappa shape index (κ1) is 14.4. The number of benzene rings is 1. The maximum absolute atomic E-state index is 11.9. The summed E-state index contributed by atoms with van der Waals surface area (Å²) in [4.78, 5) is 10.8. The first-order valence-electron chi connectivity index (χ1n) is 5.19. The summed E-state index contributed by atoms with van der Waals surface area (Å²) in [5.74, 6) is -1.03. The molecule has 1 N–H and O–H groups in total. The van der Waals surface area contributed by atoms with Crippen LogP contribution in [0.2, 0.25) is 0 Å². The van der Waals surface area contributed by atoms with Crippen LogP contribution in [0.5, 0.6) is 0 Å². The Balaban J connectivity index is 3.24. The number of aliphatic carboxylic acids is 1. The van der Waals surface area contributed by atoms with Crippen LogP contribution in [0.3, 0.4) is 0 Å². The fourth-order valence-corrected chi connectivity index (χ4v) is 2.24. The number of carboxylic acids is 1. The van der Waals surface area contributed by atoms with Gasteiger partial charge in [0, 0.05) is 19.7 Å². The summed E-state index contributed by atoms with van der Waals surface area (Å²) in [5, 5.41) is 8.77. The minimum atomic E-state index is -3.50. The smallest absolute Gasteiger partial charge is 0.331 e. The number of carbonyl (C=O) groups is 1. The monoisotopic (exact) mass is 269 g/mol. The number of sulfonamides is 1. The molecule has 0 heterocycles. The minimum Gasteiger partial charge on any atom is -0.478 e. The molecule has 0 aliphatic rings. The van der Waals surface area contributed by atoms with Gasteiger partial charge in [0.2, 0.25) is 10.0 Å². The number of hydrogen-bond acceptors (Lipinski definition) is 3. The standard InChI is InChI=1S/C12H15NO4S/c1-9(12(14)15)7-10-5-4-6-11(8-10)18(16,17)13(2)3/h4-8H,1-3H3,(H,14,15)/b9-7+. The Kier molecular flexibility index (Phi) is 4.26. The van der Waals surface area contributed by atoms with Gasteiger partial charge in [-0.3, -0.25) is 0 Å². The Morgan fingerprint density at radius 2 is 1.94 bits per heavy atom. The highest BCUT2D eigenvalue weighted by Crippen LogP contribution is 2.16. The van der Waals surface area contributed by atoms with E-state index in [0.717, 1.165) is 4.31 Å². The zero-order valence-corrected chi connectivity index (χ0v) is 11.2. The Morgan fingerprint density at radius 1 is 1.33 bits per heavy atom. The molecule has 0 unspecified atom stereocenters. The molecule has 98 valence electrons. The Labute approximate surface area is 106 Å². The van der Waals surface area contributed by atoms with Crippen molar-refractivity contribution in [3.63, 3.8) is 0 Å². The van der Waals surface area contributed by atoms with Gasteiger partial charge in [-0.2, -0.15) is 0 Å². The lowest BCUT2D eigenvalue weighted by molar-refractivity contribution is -0.132. The number of hydrogen-bond donors (Lipinski definition) is 1. The largest absolute Gasteiger partial charge is 0.478 e. The predicted molar refractivity (Wildman–Crippen MR) is 68.6 cm³/mol. The normalized spacial score (nSPS) is 12.8. The van der Waals surface area contributed by atoms with Gasteiger partial charge < -0.3 is 5.11 Å². The number of carboxylic acid groups (broad SMARTS) is 1. The van der Waals surface area contributed by atoms with Crippen LogP contribution in [0, 0.1) is 0 Å². The van der Waals surface area contributed by atoms with Crippen molar-refractivity contribution in [3.8, 4) is 0 Å². The van der Waals surface area contributed by atoms with Gasteiger partial charge >= 0.3 is 5.97 Å². The van der Waals surface area contributed by atoms with E-state index in [1.807, 2.05) is 0 Å². The molecular weight excluding hydrogens is 254 g/mol. The molecule has 0 spiro atoms. The van der Waals surface area contributed by atoms with E-state index in [9.17, 15) is 13.2 Å². The van der Waals surface area contributed by atoms with Gasteiger partial charge in [0.25, 0.3) is 0 Å². The summed E-state index contributed by atoms with van der Waals surface area (Å²) in [5.41, 5.74) is 0.687. The van der Waals surface area contributed by atoms with E-state index in [2.05, 4.69) is 0 Å². The van der Waals surface area contributed by atoms with E-state index < -0.39 is 16.0 Å². The molecule has 0 aliphatic heterocycles. The van der Waals surface area contributed by atoms with Crippen molar-refractivity contribution in [2.45, 2.75) is 11.8 Å². The molecular formula is C12H15NO4S. The molecule has 0 radical (unpaired) electrons. The summed E-state index contributed by atoms with van der Waals surface area (Å²) in [7, 11) is -0.609. The average Bonchev–Trinajstić information content (AvgIpc) is 2.28. The lowest BCUT2D eigenvalue weighted by Crippen LogP contribution is -2.22. The zero-order chi connectivity index (χ0) is 13.9. The average molecular weight is 269 g/mol. The van der Waals surface area contributed by atoms with Crippen molar-refractivity contribution in [1.82, 2.24) is 4.31 Å². The first-order valence-corrected chi connectivity index (χ1v) is 6.63. The highest BCUT2D eigenvalue weighted by atomic mass is 32.2. The van der Waals surface area contributed by atoms with Crippen LogP contribution in [0.4, 0.5) is 0 Å². The minimum absolute atomic E-state index is 0.138. The third-order valence-electron chi connectivity index (χ3n) is 2.36. The quantitative estimate of drug-likeness (QED) is 0.839. The molecule has 0 saturated heterocycles. The summed E-state index contributed by atoms with van der Waals surface area (Å²) >= 11 is 0. The highest BCUT2D eigenvalue weighted by molar-refractivity contribution is 7.89. The SMILES string of the molecule is C/C(=C\c1cccc(S(=O)(=O)N(C)C)c1)C(=O)O. The van der Waals surface area contributed by atoms with Crippen molar-refractivity contribution in [2.24, 2.45) is 0 Å². The molecule has 18 heavy (non-hydrogen) atoms. The van der Waals surface area contributed by atoms with Gasteiger partial charge in [0.1, 0.15) is 0 Å². The molecule has 1 rings (SSSR count). The maximum Gasteiger partial charge on any atom is 0.331 e. The van der Waals surface area contributed by atoms with Crippen molar-refractivity contribution < 1.29 is 18.3 Å². The second kappa shape index (κ2) is 5.32. The Hall–Kier alpha value is -1.66. The van der Waals surface area contributed by atoms with Gasteiger partial charge in [-0.05, 0) is 30.7 Å². The van der Waals surface area contributed by atoms with E-state index in [0.29, 0.717) is 5.56 Å². The Bertz CT molecular complexity index is 588. The zero-order valence-electron chi connectivity index (χ0n) is 10.4. The molecule has 0 amide bonds. The summed E-state index contributed by atoms with van der Waals surface area (Å²) in [6, 6.07) is 6.16. The molecule has 0 fully saturated rings. The van der Waals surface area contributed by atoms with Crippen LogP contribution >= 0.6 is 0 Å². The van der Waals surface area contributed by atoms with Crippen molar-refractivity contribution >= 4 is 22.1 Å². The fourth-order valence-electron chi connectivity index (χ4n) is 1.29. The predicted octanol–water partition coefficient (Wildman–Crippen LogP) is 1.42. The highest BCUT2D eigenvalue weighted by Gasteiger charge is 2.16. The molecule has 0 aliphatic carbocycles. The van der Waals surface area contributed by atoms with E-state index in [1.165, 1.54) is 39.2 Å². The third-order valence-corrected chi connectivity index (χ3v) is 4.17. The van der Waals surface area contributed by atoms with E-state index in [4.69, 9.17) is 5.11 Å². The third kappa shape index (κ3) is 3.18. The molecule has 0 saturated carbocycles.